The summed E-state index contributed by atoms with van der Waals surface area (Å²) in [7, 11) is 0. The fraction of sp³-hybridized carbons (Fsp3) is 0.489. The number of primary amides is 1. The van der Waals surface area contributed by atoms with E-state index in [2.05, 4.69) is 58.8 Å². The smallest absolute Gasteiger partial charge is 0.262 e. The molecule has 3 N–H and O–H groups in total. The van der Waals surface area contributed by atoms with E-state index in [0.29, 0.717) is 27.8 Å². The molecule has 0 radical (unpaired) electrons. The van der Waals surface area contributed by atoms with Crippen LogP contribution in [-0.4, -0.2) is 101 Å². The second-order valence-electron chi connectivity index (χ2n) is 18.1. The molecule has 4 aliphatic heterocycles. The summed E-state index contributed by atoms with van der Waals surface area (Å²) in [5.41, 5.74) is 6.67. The quantitative estimate of drug-likeness (QED) is 0.257. The van der Waals surface area contributed by atoms with Gasteiger partial charge in [-0.2, -0.15) is 5.26 Å². The highest BCUT2D eigenvalue weighted by atomic mass is 35.5. The van der Waals surface area contributed by atoms with Gasteiger partial charge in [-0.05, 0) is 87.0 Å². The molecule has 0 unspecified atom stereocenters. The average Bonchev–Trinajstić information content (AvgIpc) is 3.47. The highest BCUT2D eigenvalue weighted by molar-refractivity contribution is 6.31. The van der Waals surface area contributed by atoms with E-state index in [0.717, 1.165) is 74.8 Å². The molecule has 5 aliphatic rings. The number of fused-ring (bicyclic) bond motifs is 1. The van der Waals surface area contributed by atoms with E-state index in [-0.39, 0.29) is 42.2 Å². The Morgan fingerprint density at radius 2 is 1.70 bits per heavy atom. The van der Waals surface area contributed by atoms with Crippen molar-refractivity contribution < 1.29 is 28.7 Å². The number of imide groups is 2. The molecule has 1 aromatic heterocycles. The van der Waals surface area contributed by atoms with E-state index in [1.165, 1.54) is 6.20 Å². The Bertz CT molecular complexity index is 2270. The lowest BCUT2D eigenvalue weighted by molar-refractivity contribution is -0.160. The number of carbonyl (C=O) groups is 5. The number of amides is 5. The first-order valence-corrected chi connectivity index (χ1v) is 21.2. The number of nitrogens with zero attached hydrogens (tertiary/aromatic N) is 6. The number of nitriles is 1. The summed E-state index contributed by atoms with van der Waals surface area (Å²) < 4.78 is 6.72. The Balaban J connectivity index is 1.05. The highest BCUT2D eigenvalue weighted by Crippen LogP contribution is 2.59. The maximum Gasteiger partial charge on any atom is 0.262 e. The SMILES string of the molecule is CC1(C)C(Oc2ccc(C#N)c(Cl)c2)C(C)(C)C1N(c1ccc2c(c1)C(=O)N([C@H]1CCC(=O)NC1=O)C2=O)[C@H]1CCCN(CC2CCN(c3ccc(C(N)=O)cn3)CC2)C1. The van der Waals surface area contributed by atoms with Crippen molar-refractivity contribution in [3.63, 3.8) is 0 Å². The molecular formula is C45H51ClN8O6. The van der Waals surface area contributed by atoms with E-state index in [1.807, 2.05) is 18.2 Å². The molecule has 8 rings (SSSR count). The Morgan fingerprint density at radius 1 is 0.967 bits per heavy atom. The number of hydrogen-bond donors (Lipinski definition) is 2. The molecule has 314 valence electrons. The lowest BCUT2D eigenvalue weighted by Crippen LogP contribution is -2.76. The summed E-state index contributed by atoms with van der Waals surface area (Å²) in [4.78, 5) is 76.9. The van der Waals surface area contributed by atoms with E-state index in [9.17, 15) is 29.2 Å². The molecule has 4 fully saturated rings. The zero-order valence-corrected chi connectivity index (χ0v) is 35.2. The Kier molecular flexibility index (Phi) is 10.9. The fourth-order valence-electron chi connectivity index (χ4n) is 11.0. The first kappa shape index (κ1) is 41.2. The van der Waals surface area contributed by atoms with Crippen LogP contribution in [0.5, 0.6) is 5.75 Å². The van der Waals surface area contributed by atoms with Crippen LogP contribution >= 0.6 is 11.6 Å². The molecule has 60 heavy (non-hydrogen) atoms. The Hall–Kier alpha value is -5.52. The molecule has 15 heteroatoms. The fourth-order valence-corrected chi connectivity index (χ4v) is 11.2. The molecule has 0 bridgehead atoms. The van der Waals surface area contributed by atoms with Crippen LogP contribution in [0.25, 0.3) is 0 Å². The van der Waals surface area contributed by atoms with Crippen molar-refractivity contribution >= 4 is 52.6 Å². The molecule has 0 spiro atoms. The van der Waals surface area contributed by atoms with Crippen molar-refractivity contribution in [3.8, 4) is 11.8 Å². The third-order valence-corrected chi connectivity index (χ3v) is 13.7. The molecule has 3 aromatic rings. The Morgan fingerprint density at radius 3 is 2.35 bits per heavy atom. The normalized spacial score (nSPS) is 25.3. The van der Waals surface area contributed by atoms with Gasteiger partial charge in [-0.25, -0.2) is 4.98 Å². The number of piperidine rings is 3. The van der Waals surface area contributed by atoms with E-state index < -0.39 is 46.4 Å². The third-order valence-electron chi connectivity index (χ3n) is 13.4. The minimum absolute atomic E-state index is 0.0489. The zero-order valence-electron chi connectivity index (χ0n) is 34.4. The molecule has 2 aromatic carbocycles. The average molecular weight is 835 g/mol. The minimum Gasteiger partial charge on any atom is -0.489 e. The number of rotatable bonds is 10. The van der Waals surface area contributed by atoms with Crippen LogP contribution in [0.15, 0.2) is 54.7 Å². The van der Waals surface area contributed by atoms with Gasteiger partial charge in [-0.3, -0.25) is 34.2 Å². The van der Waals surface area contributed by atoms with Gasteiger partial charge in [0.05, 0.1) is 27.3 Å². The van der Waals surface area contributed by atoms with Gasteiger partial charge in [0.2, 0.25) is 17.7 Å². The second kappa shape index (κ2) is 15.8. The highest BCUT2D eigenvalue weighted by Gasteiger charge is 2.66. The van der Waals surface area contributed by atoms with Gasteiger partial charge in [0, 0.05) is 73.5 Å². The van der Waals surface area contributed by atoms with Crippen molar-refractivity contribution in [2.45, 2.75) is 90.4 Å². The first-order chi connectivity index (χ1) is 28.6. The number of nitrogens with two attached hydrogens (primary N) is 1. The number of nitrogens with one attached hydrogen (secondary N) is 1. The predicted molar refractivity (Wildman–Crippen MR) is 225 cm³/mol. The van der Waals surface area contributed by atoms with Crippen molar-refractivity contribution in [3.05, 3.63) is 82.0 Å². The summed E-state index contributed by atoms with van der Waals surface area (Å²) in [6.45, 7) is 13.3. The third kappa shape index (κ3) is 7.36. The molecule has 14 nitrogen and oxygen atoms in total. The van der Waals surface area contributed by atoms with E-state index >= 15 is 0 Å². The number of ether oxygens (including phenoxy) is 1. The van der Waals surface area contributed by atoms with Gasteiger partial charge >= 0.3 is 0 Å². The molecule has 5 heterocycles. The molecule has 3 saturated heterocycles. The summed E-state index contributed by atoms with van der Waals surface area (Å²) >= 11 is 6.43. The standard InChI is InChI=1S/C45H51ClN8O6/c1-44(2)42(45(3,4)43(44)60-31-10-7-27(22-47)34(46)21-31)53(29-9-11-32-33(20-29)41(59)54(40(32)58)35-12-14-37(55)50-39(35)57)30-6-5-17-51(25-30)24-26-15-18-52(19-16-26)36-13-8-28(23-49-36)38(48)56/h7-11,13,20-21,23,26,30,35,42-43H,5-6,12,14-19,24-25H2,1-4H3,(H2,48,56)(H,50,55,57)/t30-,35-,42?,43?/m0/s1. The van der Waals surface area contributed by atoms with Gasteiger partial charge < -0.3 is 25.2 Å². The molecule has 5 amide bonds. The van der Waals surface area contributed by atoms with E-state index in [4.69, 9.17) is 22.1 Å². The largest absolute Gasteiger partial charge is 0.489 e. The second-order valence-corrected chi connectivity index (χ2v) is 18.5. The first-order valence-electron chi connectivity index (χ1n) is 20.8. The van der Waals surface area contributed by atoms with Gasteiger partial charge in [-0.15, -0.1) is 0 Å². The summed E-state index contributed by atoms with van der Waals surface area (Å²) in [5, 5.41) is 12.1. The van der Waals surface area contributed by atoms with Crippen molar-refractivity contribution in [2.24, 2.45) is 22.5 Å². The van der Waals surface area contributed by atoms with Crippen molar-refractivity contribution in [2.75, 3.05) is 42.5 Å². The van der Waals surface area contributed by atoms with Crippen LogP contribution in [0.4, 0.5) is 11.5 Å². The van der Waals surface area contributed by atoms with Crippen LogP contribution in [0, 0.1) is 28.1 Å². The number of hydrogen-bond acceptors (Lipinski definition) is 11. The van der Waals surface area contributed by atoms with E-state index in [1.54, 1.807) is 30.3 Å². The summed E-state index contributed by atoms with van der Waals surface area (Å²) in [5.74, 6) is -0.696. The maximum absolute atomic E-state index is 14.1. The predicted octanol–water partition coefficient (Wildman–Crippen LogP) is 5.18. The number of likely N-dealkylation sites (tertiary alicyclic amines) is 1. The number of benzene rings is 2. The molecular weight excluding hydrogens is 784 g/mol. The number of aromatic nitrogens is 1. The van der Waals surface area contributed by atoms with Gasteiger partial charge in [0.1, 0.15) is 29.8 Å². The number of anilines is 2. The number of halogens is 1. The van der Waals surface area contributed by atoms with Crippen LogP contribution < -0.4 is 25.6 Å². The van der Waals surface area contributed by atoms with Gasteiger partial charge in [-0.1, -0.05) is 39.3 Å². The van der Waals surface area contributed by atoms with Crippen molar-refractivity contribution in [1.29, 1.82) is 5.26 Å². The molecule has 1 saturated carbocycles. The minimum atomic E-state index is -1.05. The van der Waals surface area contributed by atoms with Crippen molar-refractivity contribution in [1.82, 2.24) is 20.1 Å². The molecule has 2 atom stereocenters. The maximum atomic E-state index is 14.1. The monoisotopic (exact) mass is 834 g/mol. The molecule has 1 aliphatic carbocycles. The van der Waals surface area contributed by atoms with Gasteiger partial charge in [0.25, 0.3) is 11.8 Å². The number of pyridine rings is 1. The van der Waals surface area contributed by atoms with Crippen LogP contribution in [0.1, 0.15) is 103 Å². The van der Waals surface area contributed by atoms with Crippen LogP contribution in [0.3, 0.4) is 0 Å². The lowest BCUT2D eigenvalue weighted by atomic mass is 9.48. The zero-order chi connectivity index (χ0) is 42.7. The Labute approximate surface area is 355 Å². The summed E-state index contributed by atoms with van der Waals surface area (Å²) in [6, 6.07) is 15.2. The van der Waals surface area contributed by atoms with Crippen LogP contribution in [0.2, 0.25) is 5.02 Å². The number of carbonyl (C=O) groups excluding carboxylic acids is 5. The van der Waals surface area contributed by atoms with Crippen LogP contribution in [-0.2, 0) is 9.59 Å². The topological polar surface area (TPSA) is 182 Å². The summed E-state index contributed by atoms with van der Waals surface area (Å²) in [6.07, 6.45) is 5.36. The van der Waals surface area contributed by atoms with Gasteiger partial charge in [0.15, 0.2) is 0 Å². The lowest BCUT2D eigenvalue weighted by Gasteiger charge is -2.68.